The highest BCUT2D eigenvalue weighted by Gasteiger charge is 2.08. The van der Waals surface area contributed by atoms with E-state index in [-0.39, 0.29) is 0 Å². The number of anilines is 2. The first-order chi connectivity index (χ1) is 9.54. The van der Waals surface area contributed by atoms with Crippen LogP contribution in [0.3, 0.4) is 0 Å². The van der Waals surface area contributed by atoms with Gasteiger partial charge in [-0.05, 0) is 31.5 Å². The molecule has 114 valence electrons. The Morgan fingerprint density at radius 1 is 1.15 bits per heavy atom. The first-order valence-corrected chi connectivity index (χ1v) is 8.15. The highest BCUT2D eigenvalue weighted by Crippen LogP contribution is 2.28. The Balaban J connectivity index is 2.48. The molecule has 0 aliphatic carbocycles. The highest BCUT2D eigenvalue weighted by atomic mass is 35.5. The molecule has 0 aromatic heterocycles. The fourth-order valence-corrected chi connectivity index (χ4v) is 2.58. The molecule has 1 N–H and O–H groups in total. The normalized spacial score (nSPS) is 12.2. The molecular formula is C17H29ClN2. The van der Waals surface area contributed by atoms with Crippen molar-refractivity contribution < 1.29 is 0 Å². The summed E-state index contributed by atoms with van der Waals surface area (Å²) in [4.78, 5) is 2.12. The molecule has 0 saturated carbocycles. The van der Waals surface area contributed by atoms with Crippen LogP contribution in [-0.4, -0.2) is 20.1 Å². The van der Waals surface area contributed by atoms with Gasteiger partial charge in [0.25, 0.3) is 0 Å². The number of rotatable bonds is 9. The van der Waals surface area contributed by atoms with Gasteiger partial charge in [0.15, 0.2) is 0 Å². The van der Waals surface area contributed by atoms with Crippen LogP contribution in [0.4, 0.5) is 11.4 Å². The van der Waals surface area contributed by atoms with Crippen LogP contribution in [0.5, 0.6) is 0 Å². The van der Waals surface area contributed by atoms with E-state index in [9.17, 15) is 0 Å². The summed E-state index contributed by atoms with van der Waals surface area (Å²) in [6, 6.07) is 6.51. The van der Waals surface area contributed by atoms with Gasteiger partial charge in [-0.25, -0.2) is 0 Å². The molecule has 1 rings (SSSR count). The van der Waals surface area contributed by atoms with Crippen molar-refractivity contribution in [2.45, 2.75) is 58.4 Å². The maximum absolute atomic E-state index is 6.11. The van der Waals surface area contributed by atoms with Crippen LogP contribution >= 0.6 is 11.6 Å². The van der Waals surface area contributed by atoms with Crippen LogP contribution in [0, 0.1) is 0 Å². The first kappa shape index (κ1) is 17.2. The summed E-state index contributed by atoms with van der Waals surface area (Å²) in [6.45, 7) is 4.51. The van der Waals surface area contributed by atoms with E-state index < -0.39 is 0 Å². The molecule has 0 radical (unpaired) electrons. The van der Waals surface area contributed by atoms with Crippen molar-refractivity contribution in [3.05, 3.63) is 23.2 Å². The van der Waals surface area contributed by atoms with E-state index in [2.05, 4.69) is 44.2 Å². The molecule has 0 spiro atoms. The lowest BCUT2D eigenvalue weighted by molar-refractivity contribution is 0.578. The predicted molar refractivity (Wildman–Crippen MR) is 92.2 cm³/mol. The van der Waals surface area contributed by atoms with Crippen molar-refractivity contribution in [1.29, 1.82) is 0 Å². The fraction of sp³-hybridized carbons (Fsp3) is 0.647. The second kappa shape index (κ2) is 9.12. The van der Waals surface area contributed by atoms with E-state index in [1.165, 1.54) is 44.2 Å². The average molecular weight is 297 g/mol. The van der Waals surface area contributed by atoms with Gasteiger partial charge in [-0.1, -0.05) is 50.6 Å². The van der Waals surface area contributed by atoms with Crippen LogP contribution in [0.1, 0.15) is 52.4 Å². The SMILES string of the molecule is CCCCCCCC(C)Nc1cc(Cl)ccc1N(C)C. The molecule has 0 aliphatic rings. The quantitative estimate of drug-likeness (QED) is 0.600. The fourth-order valence-electron chi connectivity index (χ4n) is 2.41. The van der Waals surface area contributed by atoms with Crippen molar-refractivity contribution in [3.8, 4) is 0 Å². The third-order valence-electron chi connectivity index (χ3n) is 3.58. The Hall–Kier alpha value is -0.890. The number of nitrogens with zero attached hydrogens (tertiary/aromatic N) is 1. The van der Waals surface area contributed by atoms with E-state index in [0.717, 1.165) is 10.7 Å². The summed E-state index contributed by atoms with van der Waals surface area (Å²) in [5, 5.41) is 4.38. The summed E-state index contributed by atoms with van der Waals surface area (Å²) in [5.41, 5.74) is 2.32. The number of hydrogen-bond donors (Lipinski definition) is 1. The van der Waals surface area contributed by atoms with Crippen LogP contribution in [0.15, 0.2) is 18.2 Å². The van der Waals surface area contributed by atoms with Gasteiger partial charge >= 0.3 is 0 Å². The topological polar surface area (TPSA) is 15.3 Å². The van der Waals surface area contributed by atoms with E-state index in [1.54, 1.807) is 0 Å². The number of benzene rings is 1. The van der Waals surface area contributed by atoms with E-state index in [0.29, 0.717) is 6.04 Å². The minimum Gasteiger partial charge on any atom is -0.381 e. The highest BCUT2D eigenvalue weighted by molar-refractivity contribution is 6.31. The first-order valence-electron chi connectivity index (χ1n) is 7.78. The average Bonchev–Trinajstić information content (AvgIpc) is 2.38. The second-order valence-electron chi connectivity index (χ2n) is 5.80. The lowest BCUT2D eigenvalue weighted by atomic mass is 10.1. The Morgan fingerprint density at radius 3 is 2.50 bits per heavy atom. The number of nitrogens with one attached hydrogen (secondary N) is 1. The molecule has 0 heterocycles. The van der Waals surface area contributed by atoms with Crippen molar-refractivity contribution in [1.82, 2.24) is 0 Å². The lowest BCUT2D eigenvalue weighted by Gasteiger charge is -2.22. The van der Waals surface area contributed by atoms with Crippen LogP contribution < -0.4 is 10.2 Å². The largest absolute Gasteiger partial charge is 0.381 e. The minimum atomic E-state index is 0.480. The molecule has 1 aromatic carbocycles. The van der Waals surface area contributed by atoms with Gasteiger partial charge in [-0.3, -0.25) is 0 Å². The minimum absolute atomic E-state index is 0.480. The van der Waals surface area contributed by atoms with Gasteiger partial charge in [0.2, 0.25) is 0 Å². The molecule has 0 bridgehead atoms. The van der Waals surface area contributed by atoms with Crippen molar-refractivity contribution >= 4 is 23.0 Å². The monoisotopic (exact) mass is 296 g/mol. The molecule has 1 aromatic rings. The molecule has 20 heavy (non-hydrogen) atoms. The number of unbranched alkanes of at least 4 members (excludes halogenated alkanes) is 4. The zero-order chi connectivity index (χ0) is 15.0. The molecule has 0 amide bonds. The lowest BCUT2D eigenvalue weighted by Crippen LogP contribution is -2.18. The Kier molecular flexibility index (Phi) is 7.83. The van der Waals surface area contributed by atoms with Gasteiger partial charge in [-0.15, -0.1) is 0 Å². The third kappa shape index (κ3) is 6.04. The number of halogens is 1. The molecule has 1 atom stereocenters. The molecular weight excluding hydrogens is 268 g/mol. The molecule has 2 nitrogen and oxygen atoms in total. The molecule has 0 fully saturated rings. The Labute approximate surface area is 129 Å². The van der Waals surface area contributed by atoms with Gasteiger partial charge in [0, 0.05) is 25.2 Å². The van der Waals surface area contributed by atoms with Gasteiger partial charge in [0.05, 0.1) is 11.4 Å². The van der Waals surface area contributed by atoms with E-state index in [1.807, 2.05) is 12.1 Å². The van der Waals surface area contributed by atoms with Gasteiger partial charge in [0.1, 0.15) is 0 Å². The number of hydrogen-bond acceptors (Lipinski definition) is 2. The molecule has 3 heteroatoms. The standard InChI is InChI=1S/C17H29ClN2/c1-5-6-7-8-9-10-14(2)19-16-13-15(18)11-12-17(16)20(3)4/h11-14,19H,5-10H2,1-4H3. The third-order valence-corrected chi connectivity index (χ3v) is 3.82. The Morgan fingerprint density at radius 2 is 1.85 bits per heavy atom. The van der Waals surface area contributed by atoms with Crippen LogP contribution in [0.2, 0.25) is 5.02 Å². The Bertz CT molecular complexity index is 391. The van der Waals surface area contributed by atoms with Crippen molar-refractivity contribution in [2.75, 3.05) is 24.3 Å². The molecule has 1 unspecified atom stereocenters. The summed E-state index contributed by atoms with van der Waals surface area (Å²) < 4.78 is 0. The van der Waals surface area contributed by atoms with Gasteiger partial charge < -0.3 is 10.2 Å². The van der Waals surface area contributed by atoms with Crippen LogP contribution in [0.25, 0.3) is 0 Å². The summed E-state index contributed by atoms with van der Waals surface area (Å²) in [7, 11) is 4.12. The zero-order valence-electron chi connectivity index (χ0n) is 13.4. The maximum Gasteiger partial charge on any atom is 0.0597 e. The van der Waals surface area contributed by atoms with E-state index in [4.69, 9.17) is 11.6 Å². The predicted octanol–water partition coefficient (Wildman–Crippen LogP) is 5.57. The maximum atomic E-state index is 6.11. The van der Waals surface area contributed by atoms with Crippen molar-refractivity contribution in [3.63, 3.8) is 0 Å². The zero-order valence-corrected chi connectivity index (χ0v) is 14.1. The summed E-state index contributed by atoms with van der Waals surface area (Å²) >= 11 is 6.11. The molecule has 0 aliphatic heterocycles. The summed E-state index contributed by atoms with van der Waals surface area (Å²) in [6.07, 6.45) is 7.89. The van der Waals surface area contributed by atoms with Gasteiger partial charge in [-0.2, -0.15) is 0 Å². The van der Waals surface area contributed by atoms with Crippen molar-refractivity contribution in [2.24, 2.45) is 0 Å². The van der Waals surface area contributed by atoms with E-state index >= 15 is 0 Å². The second-order valence-corrected chi connectivity index (χ2v) is 6.24. The summed E-state index contributed by atoms with van der Waals surface area (Å²) in [5.74, 6) is 0. The smallest absolute Gasteiger partial charge is 0.0597 e. The molecule has 0 saturated heterocycles. The van der Waals surface area contributed by atoms with Crippen LogP contribution in [-0.2, 0) is 0 Å².